The first-order chi connectivity index (χ1) is 12.7. The molecule has 0 bridgehead atoms. The van der Waals surface area contributed by atoms with Crippen molar-refractivity contribution in [1.82, 2.24) is 4.90 Å². The van der Waals surface area contributed by atoms with Gasteiger partial charge in [-0.05, 0) is 48.1 Å². The van der Waals surface area contributed by atoms with Gasteiger partial charge in [0.1, 0.15) is 11.9 Å². The lowest BCUT2D eigenvalue weighted by atomic mass is 10.1. The van der Waals surface area contributed by atoms with Crippen molar-refractivity contribution in [3.8, 4) is 5.75 Å². The Morgan fingerprint density at radius 3 is 2.65 bits per heavy atom. The van der Waals surface area contributed by atoms with Crippen LogP contribution in [0.2, 0.25) is 0 Å². The highest BCUT2D eigenvalue weighted by atomic mass is 16.5. The zero-order chi connectivity index (χ0) is 17.9. The van der Waals surface area contributed by atoms with E-state index in [2.05, 4.69) is 53.4 Å². The molecular formula is C22H28N2O2. The average molecular weight is 352 g/mol. The summed E-state index contributed by atoms with van der Waals surface area (Å²) in [7, 11) is 1.74. The third-order valence-corrected chi connectivity index (χ3v) is 5.65. The van der Waals surface area contributed by atoms with Gasteiger partial charge in [0.2, 0.25) is 0 Å². The molecule has 0 saturated carbocycles. The van der Waals surface area contributed by atoms with Crippen molar-refractivity contribution in [2.45, 2.75) is 37.5 Å². The van der Waals surface area contributed by atoms with Gasteiger partial charge in [0, 0.05) is 26.2 Å². The van der Waals surface area contributed by atoms with Crippen molar-refractivity contribution in [1.29, 1.82) is 0 Å². The number of rotatable bonds is 6. The Balaban J connectivity index is 1.53. The van der Waals surface area contributed by atoms with E-state index in [1.807, 2.05) is 0 Å². The minimum atomic E-state index is 0.0707. The number of hydrogen-bond donors (Lipinski definition) is 1. The lowest BCUT2D eigenvalue weighted by Crippen LogP contribution is -2.40. The minimum absolute atomic E-state index is 0.0707. The molecule has 0 aromatic heterocycles. The maximum atomic E-state index is 6.51. The molecule has 1 saturated heterocycles. The van der Waals surface area contributed by atoms with Crippen molar-refractivity contribution in [3.63, 3.8) is 0 Å². The molecule has 1 aliphatic carbocycles. The summed E-state index contributed by atoms with van der Waals surface area (Å²) in [6.45, 7) is 2.78. The topological polar surface area (TPSA) is 47.7 Å². The lowest BCUT2D eigenvalue weighted by Gasteiger charge is -2.30. The molecule has 2 aromatic carbocycles. The molecule has 1 fully saturated rings. The summed E-state index contributed by atoms with van der Waals surface area (Å²) >= 11 is 0. The van der Waals surface area contributed by atoms with Crippen LogP contribution in [0, 0.1) is 0 Å². The van der Waals surface area contributed by atoms with Crippen LogP contribution in [-0.4, -0.2) is 43.8 Å². The van der Waals surface area contributed by atoms with Crippen LogP contribution in [0.15, 0.2) is 48.5 Å². The molecule has 2 aromatic rings. The summed E-state index contributed by atoms with van der Waals surface area (Å²) in [5, 5.41) is 0. The SMILES string of the molecule is COCCc1ccc(O[C@@H]2c3ccccc3C[C@H]2N2CCC(N)C2)cc1. The van der Waals surface area contributed by atoms with Crippen LogP contribution in [0.4, 0.5) is 0 Å². The molecule has 0 amide bonds. The van der Waals surface area contributed by atoms with Gasteiger partial charge in [0.15, 0.2) is 0 Å². The van der Waals surface area contributed by atoms with Crippen LogP contribution >= 0.6 is 0 Å². The van der Waals surface area contributed by atoms with E-state index in [9.17, 15) is 0 Å². The number of methoxy groups -OCH3 is 1. The van der Waals surface area contributed by atoms with Crippen LogP contribution in [0.3, 0.4) is 0 Å². The second kappa shape index (κ2) is 7.78. The molecule has 2 aliphatic rings. The van der Waals surface area contributed by atoms with Crippen LogP contribution in [0.25, 0.3) is 0 Å². The summed E-state index contributed by atoms with van der Waals surface area (Å²) in [4.78, 5) is 2.52. The van der Waals surface area contributed by atoms with Crippen LogP contribution in [0.1, 0.15) is 29.2 Å². The Bertz CT molecular complexity index is 731. The average Bonchev–Trinajstić information content (AvgIpc) is 3.25. The number of hydrogen-bond acceptors (Lipinski definition) is 4. The van der Waals surface area contributed by atoms with Crippen LogP contribution in [-0.2, 0) is 17.6 Å². The second-order valence-corrected chi connectivity index (χ2v) is 7.44. The first-order valence-corrected chi connectivity index (χ1v) is 9.56. The van der Waals surface area contributed by atoms with E-state index in [1.54, 1.807) is 7.11 Å². The molecule has 1 unspecified atom stereocenters. The van der Waals surface area contributed by atoms with Gasteiger partial charge < -0.3 is 15.2 Å². The molecule has 3 atom stereocenters. The monoisotopic (exact) mass is 352 g/mol. The Labute approximate surface area is 155 Å². The molecule has 26 heavy (non-hydrogen) atoms. The summed E-state index contributed by atoms with van der Waals surface area (Å²) < 4.78 is 11.7. The molecule has 138 valence electrons. The summed E-state index contributed by atoms with van der Waals surface area (Å²) in [6, 6.07) is 17.8. The molecule has 4 heteroatoms. The molecule has 0 radical (unpaired) electrons. The number of nitrogens with zero attached hydrogens (tertiary/aromatic N) is 1. The predicted octanol–water partition coefficient (Wildman–Crippen LogP) is 2.95. The third kappa shape index (κ3) is 3.63. The van der Waals surface area contributed by atoms with Crippen LogP contribution in [0.5, 0.6) is 5.75 Å². The molecule has 2 N–H and O–H groups in total. The van der Waals surface area contributed by atoms with E-state index >= 15 is 0 Å². The summed E-state index contributed by atoms with van der Waals surface area (Å²) in [5.74, 6) is 0.932. The number of fused-ring (bicyclic) bond motifs is 1. The number of nitrogens with two attached hydrogens (primary N) is 1. The largest absolute Gasteiger partial charge is 0.484 e. The molecule has 1 aliphatic heterocycles. The van der Waals surface area contributed by atoms with Crippen molar-refractivity contribution in [2.24, 2.45) is 5.73 Å². The third-order valence-electron chi connectivity index (χ3n) is 5.65. The van der Waals surface area contributed by atoms with Gasteiger partial charge in [-0.3, -0.25) is 4.90 Å². The Morgan fingerprint density at radius 2 is 1.92 bits per heavy atom. The van der Waals surface area contributed by atoms with Crippen molar-refractivity contribution in [2.75, 3.05) is 26.8 Å². The van der Waals surface area contributed by atoms with E-state index < -0.39 is 0 Å². The quantitative estimate of drug-likeness (QED) is 0.868. The van der Waals surface area contributed by atoms with Gasteiger partial charge in [-0.15, -0.1) is 0 Å². The fourth-order valence-electron chi connectivity index (χ4n) is 4.22. The van der Waals surface area contributed by atoms with Gasteiger partial charge in [-0.25, -0.2) is 0 Å². The number of likely N-dealkylation sites (tertiary alicyclic amines) is 1. The van der Waals surface area contributed by atoms with Gasteiger partial charge in [-0.2, -0.15) is 0 Å². The maximum absolute atomic E-state index is 6.51. The first-order valence-electron chi connectivity index (χ1n) is 9.56. The standard InChI is InChI=1S/C22H28N2O2/c1-25-13-11-16-6-8-19(9-7-16)26-22-20-5-3-2-4-17(20)14-21(22)24-12-10-18(23)15-24/h2-9,18,21-22H,10-15,23H2,1H3/t18?,21-,22-/m1/s1. The van der Waals surface area contributed by atoms with Crippen molar-refractivity contribution >= 4 is 0 Å². The predicted molar refractivity (Wildman–Crippen MR) is 103 cm³/mol. The van der Waals surface area contributed by atoms with Crippen molar-refractivity contribution in [3.05, 3.63) is 65.2 Å². The Morgan fingerprint density at radius 1 is 1.12 bits per heavy atom. The molecular weight excluding hydrogens is 324 g/mol. The Kier molecular flexibility index (Phi) is 5.25. The van der Waals surface area contributed by atoms with E-state index in [4.69, 9.17) is 15.2 Å². The normalized spacial score (nSPS) is 25.4. The lowest BCUT2D eigenvalue weighted by molar-refractivity contribution is 0.0933. The van der Waals surface area contributed by atoms with Gasteiger partial charge in [0.25, 0.3) is 0 Å². The minimum Gasteiger partial charge on any atom is -0.484 e. The molecule has 0 spiro atoms. The molecule has 4 rings (SSSR count). The molecule has 4 nitrogen and oxygen atoms in total. The highest BCUT2D eigenvalue weighted by molar-refractivity contribution is 5.38. The smallest absolute Gasteiger partial charge is 0.140 e. The zero-order valence-corrected chi connectivity index (χ0v) is 15.4. The van der Waals surface area contributed by atoms with Gasteiger partial charge in [0.05, 0.1) is 12.6 Å². The Hall–Kier alpha value is -1.88. The van der Waals surface area contributed by atoms with E-state index in [1.165, 1.54) is 16.7 Å². The first kappa shape index (κ1) is 17.5. The fraction of sp³-hybridized carbons (Fsp3) is 0.455. The molecule has 1 heterocycles. The van der Waals surface area contributed by atoms with E-state index in [0.29, 0.717) is 12.1 Å². The van der Waals surface area contributed by atoms with Gasteiger partial charge in [-0.1, -0.05) is 36.4 Å². The highest BCUT2D eigenvalue weighted by Crippen LogP contribution is 2.39. The summed E-state index contributed by atoms with van der Waals surface area (Å²) in [6.07, 6.45) is 3.12. The van der Waals surface area contributed by atoms with Crippen LogP contribution < -0.4 is 10.5 Å². The van der Waals surface area contributed by atoms with E-state index in [-0.39, 0.29) is 6.10 Å². The van der Waals surface area contributed by atoms with Gasteiger partial charge >= 0.3 is 0 Å². The van der Waals surface area contributed by atoms with E-state index in [0.717, 1.165) is 44.7 Å². The zero-order valence-electron chi connectivity index (χ0n) is 15.4. The highest BCUT2D eigenvalue weighted by Gasteiger charge is 2.39. The summed E-state index contributed by atoms with van der Waals surface area (Å²) in [5.41, 5.74) is 10.2. The fourth-order valence-corrected chi connectivity index (χ4v) is 4.22. The second-order valence-electron chi connectivity index (χ2n) is 7.44. The number of benzene rings is 2. The number of ether oxygens (including phenoxy) is 2. The maximum Gasteiger partial charge on any atom is 0.140 e. The van der Waals surface area contributed by atoms with Crippen molar-refractivity contribution < 1.29 is 9.47 Å².